The van der Waals surface area contributed by atoms with Crippen LogP contribution in [0.5, 0.6) is 5.75 Å². The minimum atomic E-state index is -0.576. The number of piperazine rings is 1. The van der Waals surface area contributed by atoms with Crippen molar-refractivity contribution in [2.75, 3.05) is 75.2 Å². The van der Waals surface area contributed by atoms with Crippen LogP contribution in [0.3, 0.4) is 0 Å². The van der Waals surface area contributed by atoms with Crippen molar-refractivity contribution in [2.24, 2.45) is 0 Å². The number of likely N-dealkylation sites (N-methyl/N-ethyl adjacent to an activating group) is 3. The average molecular weight is 1010 g/mol. The Labute approximate surface area is 445 Å². The number of allylic oxidation sites excluding steroid dienone is 5. The van der Waals surface area contributed by atoms with Crippen LogP contribution in [0.4, 0.5) is 17.1 Å². The number of anilines is 3. The normalized spacial score (nSPS) is 20.9. The quantitative estimate of drug-likeness (QED) is 0.0713. The number of nitrogens with zero attached hydrogens (tertiary/aromatic N) is 10. The molecule has 2 atom stereocenters. The fourth-order valence-corrected chi connectivity index (χ4v) is 12.6. The van der Waals surface area contributed by atoms with Crippen LogP contribution in [0.15, 0.2) is 151 Å². The number of aromatic amines is 2. The number of amides is 1. The topological polar surface area (TPSA) is 131 Å². The first-order chi connectivity index (χ1) is 36.9. The summed E-state index contributed by atoms with van der Waals surface area (Å²) in [6, 6.07) is 38.2. The number of ether oxygens (including phenoxy) is 1. The zero-order valence-corrected chi connectivity index (χ0v) is 44.6. The zero-order valence-electron chi connectivity index (χ0n) is 44.6. The number of benzene rings is 5. The molecule has 76 heavy (non-hydrogen) atoms. The number of carbonyl (C=O) groups is 1. The summed E-state index contributed by atoms with van der Waals surface area (Å²) >= 11 is 0. The predicted octanol–water partition coefficient (Wildman–Crippen LogP) is 10.7. The number of hydrogen-bond donors (Lipinski definition) is 2. The fraction of sp³-hybridized carbons (Fsp3) is 0.339. The van der Waals surface area contributed by atoms with E-state index in [-0.39, 0.29) is 16.7 Å². The molecular weight excluding hydrogens is 945 g/mol. The summed E-state index contributed by atoms with van der Waals surface area (Å²) in [5.41, 5.74) is 13.3. The number of hydrogen-bond acceptors (Lipinski definition) is 10. The Morgan fingerprint density at radius 2 is 1.38 bits per heavy atom. The van der Waals surface area contributed by atoms with Crippen molar-refractivity contribution >= 4 is 45.0 Å². The molecule has 5 aromatic carbocycles. The second-order valence-electron chi connectivity index (χ2n) is 21.9. The van der Waals surface area contributed by atoms with Gasteiger partial charge in [0.25, 0.3) is 0 Å². The van der Waals surface area contributed by atoms with Crippen LogP contribution in [0.2, 0.25) is 0 Å². The smallest absolute Gasteiger partial charge is 0.225 e. The van der Waals surface area contributed by atoms with Gasteiger partial charge in [0.1, 0.15) is 23.1 Å². The van der Waals surface area contributed by atoms with Crippen molar-refractivity contribution in [1.29, 1.82) is 0 Å². The summed E-state index contributed by atoms with van der Waals surface area (Å²) in [6.45, 7) is 13.3. The van der Waals surface area contributed by atoms with Crippen molar-refractivity contribution in [2.45, 2.75) is 75.9 Å². The van der Waals surface area contributed by atoms with E-state index in [1.54, 1.807) is 0 Å². The summed E-state index contributed by atoms with van der Waals surface area (Å²) in [4.78, 5) is 41.7. The molecule has 3 aromatic heterocycles. The van der Waals surface area contributed by atoms with Gasteiger partial charge in [-0.05, 0) is 129 Å². The molecule has 0 bridgehead atoms. The molecule has 8 aromatic rings. The highest BCUT2D eigenvalue weighted by atomic mass is 16.5. The molecule has 388 valence electrons. The molecule has 0 radical (unpaired) electrons. The fourth-order valence-electron chi connectivity index (χ4n) is 12.6. The maximum Gasteiger partial charge on any atom is 0.225 e. The second kappa shape index (κ2) is 19.6. The lowest BCUT2D eigenvalue weighted by molar-refractivity contribution is -0.128. The number of H-pyrrole nitrogens is 2. The molecule has 2 saturated heterocycles. The number of likely N-dealkylation sites (tertiary alicyclic amines) is 1. The van der Waals surface area contributed by atoms with Crippen molar-refractivity contribution < 1.29 is 9.53 Å². The van der Waals surface area contributed by atoms with Gasteiger partial charge in [-0.3, -0.25) is 9.48 Å². The van der Waals surface area contributed by atoms with E-state index in [4.69, 9.17) is 14.7 Å². The number of aromatic nitrogens is 7. The predicted molar refractivity (Wildman–Crippen MR) is 305 cm³/mol. The van der Waals surface area contributed by atoms with Gasteiger partial charge in [-0.1, -0.05) is 80.6 Å². The van der Waals surface area contributed by atoms with E-state index in [0.717, 1.165) is 121 Å². The van der Waals surface area contributed by atoms with E-state index in [0.29, 0.717) is 13.0 Å². The molecule has 0 aliphatic carbocycles. The van der Waals surface area contributed by atoms with Gasteiger partial charge in [0.2, 0.25) is 5.91 Å². The van der Waals surface area contributed by atoms with Crippen LogP contribution in [0.25, 0.3) is 44.8 Å². The molecule has 2 N–H and O–H groups in total. The van der Waals surface area contributed by atoms with E-state index < -0.39 is 5.66 Å². The summed E-state index contributed by atoms with van der Waals surface area (Å²) in [7, 11) is 6.23. The molecule has 14 nitrogen and oxygen atoms in total. The van der Waals surface area contributed by atoms with Crippen LogP contribution >= 0.6 is 0 Å². The Morgan fingerprint density at radius 3 is 2.17 bits per heavy atom. The maximum atomic E-state index is 13.3. The van der Waals surface area contributed by atoms with E-state index in [2.05, 4.69) is 208 Å². The molecule has 7 heterocycles. The van der Waals surface area contributed by atoms with Crippen LogP contribution in [-0.4, -0.2) is 117 Å². The molecule has 14 heteroatoms. The van der Waals surface area contributed by atoms with Crippen LogP contribution in [0.1, 0.15) is 63.3 Å². The Kier molecular flexibility index (Phi) is 12.6. The Hall–Kier alpha value is -7.97. The highest BCUT2D eigenvalue weighted by Gasteiger charge is 2.65. The first-order valence-corrected chi connectivity index (χ1v) is 27.0. The first kappa shape index (κ1) is 48.9. The molecule has 12 rings (SSSR count). The van der Waals surface area contributed by atoms with Gasteiger partial charge in [-0.25, -0.2) is 9.97 Å². The number of rotatable bonds is 16. The molecule has 4 aliphatic rings. The lowest BCUT2D eigenvalue weighted by Gasteiger charge is -2.44. The van der Waals surface area contributed by atoms with Gasteiger partial charge < -0.3 is 39.2 Å². The van der Waals surface area contributed by atoms with Crippen molar-refractivity contribution in [1.82, 2.24) is 44.7 Å². The highest BCUT2D eigenvalue weighted by Crippen LogP contribution is 2.58. The number of aryl methyl sites for hydroxylation is 2. The number of unbranched alkanes of at least 4 members (excludes halogenated alkanes) is 1. The zero-order chi connectivity index (χ0) is 52.2. The molecular formula is C62H68N12O2. The minimum absolute atomic E-state index is 0.163. The van der Waals surface area contributed by atoms with Crippen LogP contribution in [0, 0.1) is 0 Å². The number of nitrogens with one attached hydrogen (secondary N) is 2. The van der Waals surface area contributed by atoms with Crippen LogP contribution < -0.4 is 19.4 Å². The first-order valence-electron chi connectivity index (χ1n) is 27.0. The van der Waals surface area contributed by atoms with Gasteiger partial charge in [0, 0.05) is 111 Å². The third-order valence-corrected chi connectivity index (χ3v) is 16.8. The maximum absolute atomic E-state index is 13.3. The largest absolute Gasteiger partial charge is 0.494 e. The standard InChI is InChI=1S/C62H68N12O2/c1-60(2)48-18-9-12-21-55(48)74(56(60)22-8-7-13-31-62-61(3,41-57(75)71(62)6)49-19-10-11-20-54(49)70(62)5)33-16-17-45-42-73(68-67-45)32-14-15-38-76-47-27-23-43(24-28-47)58-63-50-29-25-44(39-52(50)65-58)59-64-51-30-26-46(40-53(51)66-59)72-36-34-69(4)35-37-72/h7-13,18-31,39-40,42H,14-17,32-38,41H2,1-6H3,(H,63,65)(H,64,66)/b8-7+,31-13+,56-22+. The number of para-hydroxylation sites is 2. The molecule has 1 amide bonds. The third-order valence-electron chi connectivity index (χ3n) is 16.8. The summed E-state index contributed by atoms with van der Waals surface area (Å²) in [6.07, 6.45) is 17.0. The van der Waals surface area contributed by atoms with Gasteiger partial charge in [-0.15, -0.1) is 5.10 Å². The Bertz CT molecular complexity index is 3540. The van der Waals surface area contributed by atoms with Gasteiger partial charge in [0.05, 0.1) is 34.4 Å². The van der Waals surface area contributed by atoms with Crippen LogP contribution in [-0.2, 0) is 28.6 Å². The second-order valence-corrected chi connectivity index (χ2v) is 21.9. The SMILES string of the molecule is CN1CCN(c2ccc3nc(-c4ccc5nc(-c6ccc(OCCCCn7cc(CCCN8/C(=C/C=C/C=C/C9%10N(C)C(=O)CC9(C)c9ccccc9N%10C)C(C)(C)c9ccccc98)nn7)cc6)[nH]c5c4)[nH]c3c2)CC1. The van der Waals surface area contributed by atoms with Crippen molar-refractivity contribution in [3.63, 3.8) is 0 Å². The minimum Gasteiger partial charge on any atom is -0.494 e. The molecule has 4 aliphatic heterocycles. The number of carbonyl (C=O) groups excluding carboxylic acids is 1. The van der Waals surface area contributed by atoms with E-state index >= 15 is 0 Å². The number of fused-ring (bicyclic) bond motifs is 6. The summed E-state index contributed by atoms with van der Waals surface area (Å²) in [5, 5.41) is 9.03. The monoisotopic (exact) mass is 1010 g/mol. The molecule has 0 saturated carbocycles. The summed E-state index contributed by atoms with van der Waals surface area (Å²) < 4.78 is 8.12. The Morgan fingerprint density at radius 1 is 0.684 bits per heavy atom. The molecule has 2 unspecified atom stereocenters. The van der Waals surface area contributed by atoms with E-state index in [1.165, 1.54) is 33.9 Å². The van der Waals surface area contributed by atoms with Crippen molar-refractivity contribution in [3.8, 4) is 28.5 Å². The molecule has 0 spiro atoms. The third kappa shape index (κ3) is 8.62. The average Bonchev–Trinajstić information content (AvgIpc) is 4.28. The van der Waals surface area contributed by atoms with Gasteiger partial charge in [0.15, 0.2) is 0 Å². The lowest BCUT2D eigenvalue weighted by atomic mass is 9.74. The lowest BCUT2D eigenvalue weighted by Crippen LogP contribution is -2.59. The molecule has 2 fully saturated rings. The van der Waals surface area contributed by atoms with Gasteiger partial charge in [-0.2, -0.15) is 0 Å². The van der Waals surface area contributed by atoms with Gasteiger partial charge >= 0.3 is 0 Å². The van der Waals surface area contributed by atoms with Crippen molar-refractivity contribution in [3.05, 3.63) is 168 Å². The van der Waals surface area contributed by atoms with E-state index in [1.807, 2.05) is 28.8 Å². The Balaban J connectivity index is 0.618. The number of imidazole rings is 2. The summed E-state index contributed by atoms with van der Waals surface area (Å²) in [5.74, 6) is 2.66. The highest BCUT2D eigenvalue weighted by molar-refractivity contribution is 5.89. The van der Waals surface area contributed by atoms with E-state index in [9.17, 15) is 4.79 Å².